The molecule has 5 nitrogen and oxygen atoms in total. The number of nitrogens with one attached hydrogen (secondary N) is 1. The molecule has 1 aromatic carbocycles. The normalized spacial score (nSPS) is 10.7. The first kappa shape index (κ1) is 16.5. The van der Waals surface area contributed by atoms with E-state index in [0.717, 1.165) is 29.1 Å². The third kappa shape index (κ3) is 3.86. The summed E-state index contributed by atoms with van der Waals surface area (Å²) in [5.41, 5.74) is 7.82. The molecule has 1 aromatic heterocycles. The van der Waals surface area contributed by atoms with Gasteiger partial charge in [0.1, 0.15) is 6.42 Å². The molecule has 0 aliphatic rings. The van der Waals surface area contributed by atoms with Crippen molar-refractivity contribution in [2.24, 2.45) is 5.10 Å². The van der Waals surface area contributed by atoms with Crippen LogP contribution in [0.25, 0.3) is 5.69 Å². The fourth-order valence-corrected chi connectivity index (χ4v) is 2.48. The first-order chi connectivity index (χ1) is 11.1. The summed E-state index contributed by atoms with van der Waals surface area (Å²) < 4.78 is 2.15. The molecule has 0 unspecified atom stereocenters. The number of hydrogen-bond donors (Lipinski definition) is 1. The molecule has 5 heteroatoms. The zero-order valence-electron chi connectivity index (χ0n) is 13.6. The van der Waals surface area contributed by atoms with Crippen LogP contribution in [0.1, 0.15) is 35.9 Å². The molecule has 0 fully saturated rings. The number of rotatable bonds is 5. The largest absolute Gasteiger partial charge is 0.318 e. The van der Waals surface area contributed by atoms with Gasteiger partial charge in [0, 0.05) is 22.6 Å². The fraction of sp³-hybridized carbons (Fsp3) is 0.278. The van der Waals surface area contributed by atoms with Gasteiger partial charge in [-0.15, -0.1) is 0 Å². The SMILES string of the molecule is CCc1ccc(-n2c(C)cc(C=NNC(=O)CC#N)c2C)cc1. The van der Waals surface area contributed by atoms with E-state index in [1.54, 1.807) is 12.3 Å². The van der Waals surface area contributed by atoms with E-state index >= 15 is 0 Å². The van der Waals surface area contributed by atoms with E-state index in [4.69, 9.17) is 5.26 Å². The molecular weight excluding hydrogens is 288 g/mol. The Hall–Kier alpha value is -2.87. The Morgan fingerprint density at radius 2 is 2.04 bits per heavy atom. The third-order valence-electron chi connectivity index (χ3n) is 3.71. The van der Waals surface area contributed by atoms with Crippen LogP contribution in [0.4, 0.5) is 0 Å². The lowest BCUT2D eigenvalue weighted by molar-refractivity contribution is -0.120. The topological polar surface area (TPSA) is 70.2 Å². The highest BCUT2D eigenvalue weighted by molar-refractivity contribution is 5.84. The van der Waals surface area contributed by atoms with Crippen LogP contribution < -0.4 is 5.43 Å². The number of benzene rings is 1. The molecular formula is C18H20N4O. The molecule has 0 aliphatic heterocycles. The highest BCUT2D eigenvalue weighted by Gasteiger charge is 2.09. The number of nitrogens with zero attached hydrogens (tertiary/aromatic N) is 3. The highest BCUT2D eigenvalue weighted by Crippen LogP contribution is 2.20. The molecule has 118 valence electrons. The maximum Gasteiger partial charge on any atom is 0.254 e. The van der Waals surface area contributed by atoms with E-state index in [-0.39, 0.29) is 6.42 Å². The molecule has 1 amide bonds. The third-order valence-corrected chi connectivity index (χ3v) is 3.71. The lowest BCUT2D eigenvalue weighted by Gasteiger charge is -2.10. The Morgan fingerprint density at radius 3 is 2.65 bits per heavy atom. The summed E-state index contributed by atoms with van der Waals surface area (Å²) in [4.78, 5) is 11.2. The van der Waals surface area contributed by atoms with Gasteiger partial charge in [-0.25, -0.2) is 5.43 Å². The van der Waals surface area contributed by atoms with Crippen LogP contribution in [0.5, 0.6) is 0 Å². The van der Waals surface area contributed by atoms with Gasteiger partial charge in [-0.1, -0.05) is 19.1 Å². The van der Waals surface area contributed by atoms with Crippen LogP contribution in [-0.2, 0) is 11.2 Å². The molecule has 1 heterocycles. The summed E-state index contributed by atoms with van der Waals surface area (Å²) >= 11 is 0. The second kappa shape index (κ2) is 7.41. The summed E-state index contributed by atoms with van der Waals surface area (Å²) in [6.07, 6.45) is 2.43. The smallest absolute Gasteiger partial charge is 0.254 e. The number of aromatic nitrogens is 1. The van der Waals surface area contributed by atoms with E-state index in [0.29, 0.717) is 0 Å². The van der Waals surface area contributed by atoms with Gasteiger partial charge in [0.25, 0.3) is 5.91 Å². The van der Waals surface area contributed by atoms with Crippen LogP contribution in [-0.4, -0.2) is 16.7 Å². The Morgan fingerprint density at radius 1 is 1.35 bits per heavy atom. The predicted molar refractivity (Wildman–Crippen MR) is 90.6 cm³/mol. The van der Waals surface area contributed by atoms with E-state index in [1.165, 1.54) is 5.56 Å². The molecule has 2 aromatic rings. The first-order valence-electron chi connectivity index (χ1n) is 7.54. The van der Waals surface area contributed by atoms with E-state index < -0.39 is 5.91 Å². The van der Waals surface area contributed by atoms with Gasteiger partial charge in [-0.3, -0.25) is 4.79 Å². The number of carbonyl (C=O) groups is 1. The molecule has 23 heavy (non-hydrogen) atoms. The molecule has 0 radical (unpaired) electrons. The fourth-order valence-electron chi connectivity index (χ4n) is 2.48. The summed E-state index contributed by atoms with van der Waals surface area (Å²) in [6, 6.07) is 12.3. The van der Waals surface area contributed by atoms with Crippen LogP contribution in [0.2, 0.25) is 0 Å². The van der Waals surface area contributed by atoms with Crippen LogP contribution in [0.3, 0.4) is 0 Å². The van der Waals surface area contributed by atoms with E-state index in [9.17, 15) is 4.79 Å². The second-order valence-corrected chi connectivity index (χ2v) is 5.31. The van der Waals surface area contributed by atoms with Crippen molar-refractivity contribution >= 4 is 12.1 Å². The molecule has 0 bridgehead atoms. The zero-order chi connectivity index (χ0) is 16.8. The minimum Gasteiger partial charge on any atom is -0.318 e. The average molecular weight is 308 g/mol. The molecule has 0 aliphatic carbocycles. The summed E-state index contributed by atoms with van der Waals surface area (Å²) in [5.74, 6) is -0.410. The summed E-state index contributed by atoms with van der Waals surface area (Å²) in [5, 5.41) is 12.3. The number of carbonyl (C=O) groups excluding carboxylic acids is 1. The van der Waals surface area contributed by atoms with Crippen molar-refractivity contribution in [3.63, 3.8) is 0 Å². The highest BCUT2D eigenvalue weighted by atomic mass is 16.2. The van der Waals surface area contributed by atoms with Gasteiger partial charge >= 0.3 is 0 Å². The van der Waals surface area contributed by atoms with E-state index in [1.807, 2.05) is 19.9 Å². The van der Waals surface area contributed by atoms with Gasteiger partial charge in [0.05, 0.1) is 12.3 Å². The first-order valence-corrected chi connectivity index (χ1v) is 7.54. The standard InChI is InChI=1S/C18H20N4O/c1-4-15-5-7-17(8-6-15)22-13(2)11-16(14(22)3)12-20-21-18(23)9-10-19/h5-8,11-12H,4,9H2,1-3H3,(H,21,23). The van der Waals surface area contributed by atoms with Gasteiger partial charge in [-0.05, 0) is 44.0 Å². The van der Waals surface area contributed by atoms with Crippen molar-refractivity contribution in [2.75, 3.05) is 0 Å². The predicted octanol–water partition coefficient (Wildman–Crippen LogP) is 3.02. The Labute approximate surface area is 136 Å². The van der Waals surface area contributed by atoms with Gasteiger partial charge in [0.2, 0.25) is 0 Å². The minimum atomic E-state index is -0.410. The monoisotopic (exact) mass is 308 g/mol. The van der Waals surface area contributed by atoms with Crippen LogP contribution in [0.15, 0.2) is 35.4 Å². The summed E-state index contributed by atoms with van der Waals surface area (Å²) in [6.45, 7) is 6.18. The molecule has 0 atom stereocenters. The van der Waals surface area contributed by atoms with Gasteiger partial charge in [-0.2, -0.15) is 10.4 Å². The minimum absolute atomic E-state index is 0.194. The van der Waals surface area contributed by atoms with Crippen molar-refractivity contribution in [3.8, 4) is 11.8 Å². The van der Waals surface area contributed by atoms with Crippen molar-refractivity contribution in [2.45, 2.75) is 33.6 Å². The maximum atomic E-state index is 11.2. The van der Waals surface area contributed by atoms with Crippen LogP contribution >= 0.6 is 0 Å². The zero-order valence-corrected chi connectivity index (χ0v) is 13.6. The molecule has 0 spiro atoms. The molecule has 0 saturated carbocycles. The van der Waals surface area contributed by atoms with Crippen molar-refractivity contribution in [3.05, 3.63) is 52.8 Å². The van der Waals surface area contributed by atoms with Crippen molar-refractivity contribution < 1.29 is 4.79 Å². The molecule has 0 saturated heterocycles. The summed E-state index contributed by atoms with van der Waals surface area (Å²) in [7, 11) is 0. The quantitative estimate of drug-likeness (QED) is 0.681. The van der Waals surface area contributed by atoms with Gasteiger partial charge in [0.15, 0.2) is 0 Å². The lowest BCUT2D eigenvalue weighted by Crippen LogP contribution is -2.16. The Balaban J connectivity index is 2.23. The lowest BCUT2D eigenvalue weighted by atomic mass is 10.1. The molecule has 2 rings (SSSR count). The molecule has 1 N–H and O–H groups in total. The Kier molecular flexibility index (Phi) is 5.32. The second-order valence-electron chi connectivity index (χ2n) is 5.31. The van der Waals surface area contributed by atoms with Crippen LogP contribution in [0, 0.1) is 25.2 Å². The number of nitriles is 1. The Bertz CT molecular complexity index is 764. The average Bonchev–Trinajstić information content (AvgIpc) is 2.82. The number of amides is 1. The number of hydrogen-bond acceptors (Lipinski definition) is 3. The van der Waals surface area contributed by atoms with E-state index in [2.05, 4.69) is 46.3 Å². The van der Waals surface area contributed by atoms with Crippen molar-refractivity contribution in [1.82, 2.24) is 9.99 Å². The number of hydrazone groups is 1. The van der Waals surface area contributed by atoms with Gasteiger partial charge < -0.3 is 4.57 Å². The maximum absolute atomic E-state index is 11.2. The number of aryl methyl sites for hydroxylation is 2. The van der Waals surface area contributed by atoms with Crippen molar-refractivity contribution in [1.29, 1.82) is 5.26 Å².